The summed E-state index contributed by atoms with van der Waals surface area (Å²) in [6, 6.07) is 14.7. The van der Waals surface area contributed by atoms with Gasteiger partial charge in [-0.05, 0) is 68.6 Å². The standard InChI is InChI=1S/C24H28N4O3S2/c29-23(25-19-9-11-20(12-10-19)33(30,31)28-14-3-4-15-28)17-27-13-5-6-18(16-27)24-26-21-7-1-2-8-22(21)32-24/h1-2,7-12,18H,3-6,13-17H2,(H,25,29)/t18-/m1/s1. The number of amides is 1. The Bertz CT molecular complexity index is 1200. The fraction of sp³-hybridized carbons (Fsp3) is 0.417. The van der Waals surface area contributed by atoms with Crippen LogP contribution in [0.15, 0.2) is 53.4 Å². The molecule has 2 aromatic carbocycles. The average molecular weight is 485 g/mol. The summed E-state index contributed by atoms with van der Waals surface area (Å²) >= 11 is 1.75. The van der Waals surface area contributed by atoms with Gasteiger partial charge in [-0.1, -0.05) is 12.1 Å². The number of likely N-dealkylation sites (tertiary alicyclic amines) is 1. The van der Waals surface area contributed by atoms with Crippen LogP contribution in [-0.2, 0) is 14.8 Å². The molecule has 9 heteroatoms. The summed E-state index contributed by atoms with van der Waals surface area (Å²) < 4.78 is 28.1. The average Bonchev–Trinajstić information content (AvgIpc) is 3.50. The third kappa shape index (κ3) is 4.96. The Balaban J connectivity index is 1.18. The Labute approximate surface area is 198 Å². The zero-order valence-corrected chi connectivity index (χ0v) is 20.1. The van der Waals surface area contributed by atoms with E-state index >= 15 is 0 Å². The lowest BCUT2D eigenvalue weighted by Crippen LogP contribution is -2.39. The number of nitrogens with one attached hydrogen (secondary N) is 1. The van der Waals surface area contributed by atoms with E-state index in [-0.39, 0.29) is 10.8 Å². The molecule has 5 rings (SSSR count). The van der Waals surface area contributed by atoms with Crippen LogP contribution in [0.5, 0.6) is 0 Å². The van der Waals surface area contributed by atoms with E-state index in [4.69, 9.17) is 4.98 Å². The van der Waals surface area contributed by atoms with Crippen LogP contribution in [0.25, 0.3) is 10.2 Å². The van der Waals surface area contributed by atoms with E-state index in [1.165, 1.54) is 9.01 Å². The van der Waals surface area contributed by atoms with Crippen molar-refractivity contribution in [2.24, 2.45) is 0 Å². The first kappa shape index (κ1) is 22.5. The van der Waals surface area contributed by atoms with Crippen LogP contribution in [0.4, 0.5) is 5.69 Å². The number of para-hydroxylation sites is 1. The number of thiazole rings is 1. The van der Waals surface area contributed by atoms with Crippen molar-refractivity contribution in [1.29, 1.82) is 0 Å². The Morgan fingerprint density at radius 2 is 1.79 bits per heavy atom. The van der Waals surface area contributed by atoms with Crippen molar-refractivity contribution in [1.82, 2.24) is 14.2 Å². The van der Waals surface area contributed by atoms with Gasteiger partial charge in [0.1, 0.15) is 0 Å². The van der Waals surface area contributed by atoms with Crippen LogP contribution in [0.2, 0.25) is 0 Å². The van der Waals surface area contributed by atoms with Gasteiger partial charge >= 0.3 is 0 Å². The molecule has 2 fully saturated rings. The minimum absolute atomic E-state index is 0.0879. The topological polar surface area (TPSA) is 82.6 Å². The van der Waals surface area contributed by atoms with Crippen molar-refractivity contribution in [3.63, 3.8) is 0 Å². The van der Waals surface area contributed by atoms with E-state index < -0.39 is 10.0 Å². The monoisotopic (exact) mass is 484 g/mol. The van der Waals surface area contributed by atoms with Crippen LogP contribution in [0, 0.1) is 0 Å². The summed E-state index contributed by atoms with van der Waals surface area (Å²) in [4.78, 5) is 19.9. The predicted octanol–water partition coefficient (Wildman–Crippen LogP) is 3.90. The second kappa shape index (κ2) is 9.50. The second-order valence-corrected chi connectivity index (χ2v) is 11.8. The largest absolute Gasteiger partial charge is 0.325 e. The second-order valence-electron chi connectivity index (χ2n) is 8.78. The summed E-state index contributed by atoms with van der Waals surface area (Å²) in [5, 5.41) is 4.06. The Kier molecular flexibility index (Phi) is 6.47. The molecule has 1 N–H and O–H groups in total. The van der Waals surface area contributed by atoms with E-state index in [0.29, 0.717) is 31.2 Å². The number of carbonyl (C=O) groups excluding carboxylic acids is 1. The van der Waals surface area contributed by atoms with Gasteiger partial charge in [0.25, 0.3) is 0 Å². The van der Waals surface area contributed by atoms with Gasteiger partial charge in [-0.3, -0.25) is 9.69 Å². The SMILES string of the molecule is O=C(CN1CCC[C@@H](c2nc3ccccc3s2)C1)Nc1ccc(S(=O)(=O)N2CCCC2)cc1. The fourth-order valence-electron chi connectivity index (χ4n) is 4.66. The number of hydrogen-bond donors (Lipinski definition) is 1. The molecule has 2 aliphatic heterocycles. The van der Waals surface area contributed by atoms with Crippen molar-refractivity contribution < 1.29 is 13.2 Å². The van der Waals surface area contributed by atoms with E-state index in [2.05, 4.69) is 16.3 Å². The molecular formula is C24H28N4O3S2. The smallest absolute Gasteiger partial charge is 0.243 e. The highest BCUT2D eigenvalue weighted by Crippen LogP contribution is 2.33. The highest BCUT2D eigenvalue weighted by Gasteiger charge is 2.27. The van der Waals surface area contributed by atoms with Gasteiger partial charge in [-0.15, -0.1) is 11.3 Å². The lowest BCUT2D eigenvalue weighted by atomic mass is 9.99. The molecule has 1 atom stereocenters. The lowest BCUT2D eigenvalue weighted by molar-refractivity contribution is -0.117. The van der Waals surface area contributed by atoms with E-state index in [0.717, 1.165) is 49.3 Å². The molecule has 0 aliphatic carbocycles. The number of benzene rings is 2. The molecule has 2 aliphatic rings. The minimum Gasteiger partial charge on any atom is -0.325 e. The molecule has 33 heavy (non-hydrogen) atoms. The summed E-state index contributed by atoms with van der Waals surface area (Å²) in [7, 11) is -3.44. The molecular weight excluding hydrogens is 456 g/mol. The normalized spacial score (nSPS) is 20.3. The van der Waals surface area contributed by atoms with Gasteiger partial charge in [-0.2, -0.15) is 4.31 Å². The number of anilines is 1. The number of aromatic nitrogens is 1. The molecule has 0 spiro atoms. The number of sulfonamides is 1. The number of carbonyl (C=O) groups is 1. The lowest BCUT2D eigenvalue weighted by Gasteiger charge is -2.31. The molecule has 0 bridgehead atoms. The first-order chi connectivity index (χ1) is 16.0. The van der Waals surface area contributed by atoms with Crippen molar-refractivity contribution >= 4 is 43.2 Å². The maximum Gasteiger partial charge on any atom is 0.243 e. The van der Waals surface area contributed by atoms with Crippen LogP contribution >= 0.6 is 11.3 Å². The first-order valence-corrected chi connectivity index (χ1v) is 13.7. The molecule has 0 unspecified atom stereocenters. The molecule has 1 amide bonds. The van der Waals surface area contributed by atoms with Crippen LogP contribution in [-0.4, -0.2) is 61.2 Å². The van der Waals surface area contributed by atoms with Gasteiger partial charge in [0.2, 0.25) is 15.9 Å². The summed E-state index contributed by atoms with van der Waals surface area (Å²) in [6.45, 7) is 3.18. The van der Waals surface area contributed by atoms with Crippen LogP contribution in [0.1, 0.15) is 36.6 Å². The summed E-state index contributed by atoms with van der Waals surface area (Å²) in [5.74, 6) is 0.258. The zero-order chi connectivity index (χ0) is 22.8. The maximum absolute atomic E-state index is 12.7. The molecule has 2 saturated heterocycles. The first-order valence-electron chi connectivity index (χ1n) is 11.5. The third-order valence-electron chi connectivity index (χ3n) is 6.37. The van der Waals surface area contributed by atoms with Gasteiger partial charge in [0.05, 0.1) is 26.7 Å². The van der Waals surface area contributed by atoms with E-state index in [1.807, 2.05) is 18.2 Å². The van der Waals surface area contributed by atoms with Crippen molar-refractivity contribution in [3.8, 4) is 0 Å². The van der Waals surface area contributed by atoms with Crippen molar-refractivity contribution in [2.45, 2.75) is 36.5 Å². The quantitative estimate of drug-likeness (QED) is 0.574. The van der Waals surface area contributed by atoms with Crippen LogP contribution in [0.3, 0.4) is 0 Å². The number of rotatable bonds is 6. The summed E-state index contributed by atoms with van der Waals surface area (Å²) in [6.07, 6.45) is 3.94. The number of fused-ring (bicyclic) bond motifs is 1. The van der Waals surface area contributed by atoms with E-state index in [1.54, 1.807) is 35.6 Å². The minimum atomic E-state index is -3.44. The third-order valence-corrected chi connectivity index (χ3v) is 9.49. The van der Waals surface area contributed by atoms with Crippen molar-refractivity contribution in [3.05, 3.63) is 53.5 Å². The highest BCUT2D eigenvalue weighted by atomic mass is 32.2. The maximum atomic E-state index is 12.7. The Morgan fingerprint density at radius 3 is 2.55 bits per heavy atom. The molecule has 1 aromatic heterocycles. The Hall–Kier alpha value is -2.33. The molecule has 3 heterocycles. The zero-order valence-electron chi connectivity index (χ0n) is 18.4. The predicted molar refractivity (Wildman–Crippen MR) is 131 cm³/mol. The molecule has 7 nitrogen and oxygen atoms in total. The number of nitrogens with zero attached hydrogens (tertiary/aromatic N) is 3. The number of piperidine rings is 1. The molecule has 174 valence electrons. The van der Waals surface area contributed by atoms with Gasteiger partial charge in [0, 0.05) is 31.2 Å². The van der Waals surface area contributed by atoms with Crippen LogP contribution < -0.4 is 5.32 Å². The molecule has 0 saturated carbocycles. The Morgan fingerprint density at radius 1 is 1.03 bits per heavy atom. The molecule has 0 radical (unpaired) electrons. The summed E-state index contributed by atoms with van der Waals surface area (Å²) in [5.41, 5.74) is 1.66. The molecule has 3 aromatic rings. The highest BCUT2D eigenvalue weighted by molar-refractivity contribution is 7.89. The van der Waals surface area contributed by atoms with Crippen molar-refractivity contribution in [2.75, 3.05) is 38.0 Å². The number of hydrogen-bond acceptors (Lipinski definition) is 6. The van der Waals surface area contributed by atoms with Gasteiger partial charge in [-0.25, -0.2) is 13.4 Å². The van der Waals surface area contributed by atoms with Gasteiger partial charge in [0.15, 0.2) is 0 Å². The van der Waals surface area contributed by atoms with E-state index in [9.17, 15) is 13.2 Å². The van der Waals surface area contributed by atoms with Gasteiger partial charge < -0.3 is 5.32 Å². The fourth-order valence-corrected chi connectivity index (χ4v) is 7.27.